The number of carbonyl (C=O) groups is 2. The number of likely N-dealkylation sites (tertiary alicyclic amines) is 1. The van der Waals surface area contributed by atoms with E-state index in [1.54, 1.807) is 21.9 Å². The Morgan fingerprint density at radius 2 is 1.76 bits per heavy atom. The highest BCUT2D eigenvalue weighted by atomic mass is 16.6. The number of hydrogen-bond donors (Lipinski definition) is 1. The van der Waals surface area contributed by atoms with Crippen LogP contribution in [0.3, 0.4) is 0 Å². The van der Waals surface area contributed by atoms with Gasteiger partial charge in [-0.05, 0) is 38.8 Å². The van der Waals surface area contributed by atoms with Crippen molar-refractivity contribution in [2.24, 2.45) is 0 Å². The van der Waals surface area contributed by atoms with Gasteiger partial charge in [0.1, 0.15) is 5.82 Å². The summed E-state index contributed by atoms with van der Waals surface area (Å²) in [6.07, 6.45) is 1.34. The van der Waals surface area contributed by atoms with Gasteiger partial charge in [0.05, 0.1) is 18.2 Å². The lowest BCUT2D eigenvalue weighted by Gasteiger charge is -2.40. The van der Waals surface area contributed by atoms with Gasteiger partial charge in [-0.1, -0.05) is 13.8 Å². The molecular formula is C17H27N5O3. The van der Waals surface area contributed by atoms with Gasteiger partial charge in [-0.15, -0.1) is 10.2 Å². The van der Waals surface area contributed by atoms with Crippen LogP contribution in [0.15, 0.2) is 12.1 Å². The molecule has 0 spiro atoms. The van der Waals surface area contributed by atoms with Gasteiger partial charge in [0.25, 0.3) is 5.91 Å². The molecule has 2 fully saturated rings. The van der Waals surface area contributed by atoms with E-state index < -0.39 is 0 Å². The van der Waals surface area contributed by atoms with Crippen LogP contribution in [0, 0.1) is 0 Å². The van der Waals surface area contributed by atoms with Gasteiger partial charge in [0.2, 0.25) is 0 Å². The van der Waals surface area contributed by atoms with Crippen LogP contribution in [0.5, 0.6) is 0 Å². The summed E-state index contributed by atoms with van der Waals surface area (Å²) in [6.45, 7) is 8.65. The van der Waals surface area contributed by atoms with E-state index >= 15 is 0 Å². The molecule has 138 valence electrons. The molecule has 2 unspecified atom stereocenters. The lowest BCUT2D eigenvalue weighted by atomic mass is 10.2. The zero-order valence-electron chi connectivity index (χ0n) is 15.3. The Kier molecular flexibility index (Phi) is 6.17. The molecule has 25 heavy (non-hydrogen) atoms. The first-order valence-electron chi connectivity index (χ1n) is 8.83. The zero-order chi connectivity index (χ0) is 18.6. The Morgan fingerprint density at radius 3 is 2.24 bits per heavy atom. The average molecular weight is 349 g/mol. The number of rotatable bonds is 2. The number of carbonyl (C=O) groups excluding carboxylic acids is 2. The molecule has 0 aliphatic carbocycles. The third-order valence-electron chi connectivity index (χ3n) is 4.22. The summed E-state index contributed by atoms with van der Waals surface area (Å²) >= 11 is 0. The summed E-state index contributed by atoms with van der Waals surface area (Å²) in [5, 5.41) is 7.57. The summed E-state index contributed by atoms with van der Waals surface area (Å²) in [5.74, 6) is 0.106. The summed E-state index contributed by atoms with van der Waals surface area (Å²) in [6, 6.07) is 3.15. The van der Waals surface area contributed by atoms with Crippen molar-refractivity contribution in [3.63, 3.8) is 0 Å². The van der Waals surface area contributed by atoms with Gasteiger partial charge < -0.3 is 15.4 Å². The van der Waals surface area contributed by atoms with Crippen LogP contribution in [0.4, 0.5) is 10.6 Å². The van der Waals surface area contributed by atoms with Crippen molar-refractivity contribution in [1.82, 2.24) is 20.0 Å². The van der Waals surface area contributed by atoms with Gasteiger partial charge in [-0.25, -0.2) is 4.79 Å². The molecule has 0 saturated carbocycles. The first kappa shape index (κ1) is 19.0. The Balaban J connectivity index is 0.00000109. The van der Waals surface area contributed by atoms with E-state index in [0.717, 1.165) is 12.8 Å². The van der Waals surface area contributed by atoms with E-state index in [4.69, 9.17) is 10.5 Å². The van der Waals surface area contributed by atoms with Crippen LogP contribution < -0.4 is 5.73 Å². The number of amides is 2. The first-order chi connectivity index (χ1) is 12.0. The quantitative estimate of drug-likeness (QED) is 0.875. The molecule has 2 atom stereocenters. The molecule has 3 heterocycles. The maximum absolute atomic E-state index is 12.5. The molecule has 8 heteroatoms. The van der Waals surface area contributed by atoms with Gasteiger partial charge >= 0.3 is 6.09 Å². The Morgan fingerprint density at radius 1 is 1.16 bits per heavy atom. The number of nitrogens with two attached hydrogens (primary N) is 1. The summed E-state index contributed by atoms with van der Waals surface area (Å²) in [5.41, 5.74) is 5.77. The number of piperazine rings is 1. The van der Waals surface area contributed by atoms with Crippen LogP contribution in [0.25, 0.3) is 0 Å². The highest BCUT2D eigenvalue weighted by molar-refractivity contribution is 5.92. The molecule has 2 saturated heterocycles. The van der Waals surface area contributed by atoms with Gasteiger partial charge in [0.15, 0.2) is 5.69 Å². The van der Waals surface area contributed by atoms with Crippen LogP contribution in [0.2, 0.25) is 0 Å². The number of hydrogen-bond acceptors (Lipinski definition) is 6. The van der Waals surface area contributed by atoms with E-state index in [2.05, 4.69) is 10.2 Å². The van der Waals surface area contributed by atoms with Crippen molar-refractivity contribution in [3.05, 3.63) is 17.8 Å². The second kappa shape index (κ2) is 8.13. The predicted octanol–water partition coefficient (Wildman–Crippen LogP) is 1.92. The van der Waals surface area contributed by atoms with Gasteiger partial charge in [0, 0.05) is 13.1 Å². The van der Waals surface area contributed by atoms with Crippen molar-refractivity contribution in [1.29, 1.82) is 0 Å². The number of anilines is 1. The van der Waals surface area contributed by atoms with Crippen LogP contribution in [-0.2, 0) is 4.74 Å². The number of aromatic nitrogens is 2. The van der Waals surface area contributed by atoms with Crippen molar-refractivity contribution < 1.29 is 14.3 Å². The standard InChI is InChI=1S/C15H21N5O3.C2H6/c1-9(2)23-15(22)20-10-3-4-11(20)8-19(7-10)14(21)12-5-6-13(16)18-17-12;1-2/h5-6,9-11H,3-4,7-8H2,1-2H3,(H2,16,18);1-2H3. The van der Waals surface area contributed by atoms with Crippen LogP contribution in [-0.4, -0.2) is 63.3 Å². The highest BCUT2D eigenvalue weighted by Crippen LogP contribution is 2.31. The van der Waals surface area contributed by atoms with E-state index in [1.807, 2.05) is 27.7 Å². The molecular weight excluding hydrogens is 322 g/mol. The number of fused-ring (bicyclic) bond motifs is 2. The second-order valence-corrected chi connectivity index (χ2v) is 6.28. The topological polar surface area (TPSA) is 102 Å². The molecule has 2 N–H and O–H groups in total. The molecule has 0 aromatic carbocycles. The van der Waals surface area contributed by atoms with Crippen molar-refractivity contribution in [3.8, 4) is 0 Å². The summed E-state index contributed by atoms with van der Waals surface area (Å²) < 4.78 is 5.31. The summed E-state index contributed by atoms with van der Waals surface area (Å²) in [7, 11) is 0. The third-order valence-corrected chi connectivity index (χ3v) is 4.22. The fraction of sp³-hybridized carbons (Fsp3) is 0.647. The smallest absolute Gasteiger partial charge is 0.410 e. The number of ether oxygens (including phenoxy) is 1. The molecule has 2 aliphatic rings. The Hall–Kier alpha value is -2.38. The minimum absolute atomic E-state index is 0.00527. The lowest BCUT2D eigenvalue weighted by molar-refractivity contribution is 0.0247. The molecule has 3 rings (SSSR count). The van der Waals surface area contributed by atoms with Gasteiger partial charge in [-0.3, -0.25) is 9.69 Å². The monoisotopic (exact) mass is 349 g/mol. The lowest BCUT2D eigenvalue weighted by Crippen LogP contribution is -2.57. The maximum Gasteiger partial charge on any atom is 0.410 e. The minimum atomic E-state index is -0.285. The van der Waals surface area contributed by atoms with Gasteiger partial charge in [-0.2, -0.15) is 0 Å². The van der Waals surface area contributed by atoms with Crippen LogP contribution in [0.1, 0.15) is 51.0 Å². The van der Waals surface area contributed by atoms with E-state index in [0.29, 0.717) is 13.1 Å². The SMILES string of the molecule is CC.CC(C)OC(=O)N1C2CCC1CN(C(=O)c1ccc(N)nn1)C2. The van der Waals surface area contributed by atoms with E-state index in [9.17, 15) is 9.59 Å². The number of nitrogen functional groups attached to an aromatic ring is 1. The first-order valence-corrected chi connectivity index (χ1v) is 8.83. The Bertz CT molecular complexity index is 591. The third kappa shape index (κ3) is 4.18. The molecule has 0 radical (unpaired) electrons. The number of nitrogens with zero attached hydrogens (tertiary/aromatic N) is 4. The van der Waals surface area contributed by atoms with Crippen LogP contribution >= 0.6 is 0 Å². The van der Waals surface area contributed by atoms with Crippen molar-refractivity contribution >= 4 is 17.8 Å². The molecule has 1 aromatic rings. The predicted molar refractivity (Wildman–Crippen MR) is 94.0 cm³/mol. The minimum Gasteiger partial charge on any atom is -0.447 e. The molecule has 8 nitrogen and oxygen atoms in total. The normalized spacial score (nSPS) is 21.6. The zero-order valence-corrected chi connectivity index (χ0v) is 15.3. The highest BCUT2D eigenvalue weighted by Gasteiger charge is 2.45. The molecule has 2 amide bonds. The average Bonchev–Trinajstić information content (AvgIpc) is 2.86. The van der Waals surface area contributed by atoms with E-state index in [-0.39, 0.29) is 41.7 Å². The fourth-order valence-electron chi connectivity index (χ4n) is 3.25. The van der Waals surface area contributed by atoms with Crippen molar-refractivity contribution in [2.45, 2.75) is 58.7 Å². The second-order valence-electron chi connectivity index (χ2n) is 6.28. The summed E-state index contributed by atoms with van der Waals surface area (Å²) in [4.78, 5) is 28.3. The maximum atomic E-state index is 12.5. The Labute approximate surface area is 148 Å². The molecule has 2 aliphatic heterocycles. The molecule has 1 aromatic heterocycles. The van der Waals surface area contributed by atoms with Crippen molar-refractivity contribution in [2.75, 3.05) is 18.8 Å². The fourth-order valence-corrected chi connectivity index (χ4v) is 3.25. The van der Waals surface area contributed by atoms with E-state index in [1.165, 1.54) is 0 Å². The molecule has 2 bridgehead atoms. The largest absolute Gasteiger partial charge is 0.447 e.